The third-order valence-electron chi connectivity index (χ3n) is 9.55. The Hall–Kier alpha value is -3.41. The lowest BCUT2D eigenvalue weighted by atomic mass is 9.85. The fraction of sp³-hybridized carbons (Fsp3) is 0.469. The summed E-state index contributed by atoms with van der Waals surface area (Å²) in [5.74, 6) is -2.76. The Morgan fingerprint density at radius 1 is 1.14 bits per heavy atom. The average molecular weight is 625 g/mol. The lowest BCUT2D eigenvalue weighted by molar-refractivity contribution is -0.0132. The van der Waals surface area contributed by atoms with Gasteiger partial charge in [-0.2, -0.15) is 9.97 Å². The van der Waals surface area contributed by atoms with Crippen LogP contribution in [-0.4, -0.2) is 75.9 Å². The molecule has 4 aliphatic rings. The number of ether oxygens (including phenoxy) is 2. The molecule has 1 unspecified atom stereocenters. The van der Waals surface area contributed by atoms with Crippen molar-refractivity contribution in [2.24, 2.45) is 0 Å². The maximum absolute atomic E-state index is 16.8. The van der Waals surface area contributed by atoms with Crippen LogP contribution in [0.25, 0.3) is 32.9 Å². The zero-order valence-corrected chi connectivity index (χ0v) is 25.2. The van der Waals surface area contributed by atoms with Crippen molar-refractivity contribution in [1.82, 2.24) is 25.2 Å². The SMILES string of the molecule is CC[C@H]1C[C@H](C)Oc2nc(-c3cccc4cccc(Cl)c34)c(F)c3nc(OCC45CCN4CC(F)(F)C5)nc(c23)N2C[C@@H]2N1. The topological polar surface area (TPSA) is 75.4 Å². The van der Waals surface area contributed by atoms with E-state index in [1.807, 2.05) is 36.1 Å². The molecule has 1 N–H and O–H groups in total. The molecule has 4 atom stereocenters. The van der Waals surface area contributed by atoms with Crippen molar-refractivity contribution in [3.8, 4) is 23.1 Å². The van der Waals surface area contributed by atoms with Crippen molar-refractivity contribution in [3.05, 3.63) is 47.2 Å². The number of hydrogen-bond donors (Lipinski definition) is 1. The Morgan fingerprint density at radius 2 is 1.95 bits per heavy atom. The first-order valence-corrected chi connectivity index (χ1v) is 15.6. The van der Waals surface area contributed by atoms with Crippen LogP contribution in [-0.2, 0) is 0 Å². The number of benzene rings is 2. The zero-order valence-electron chi connectivity index (χ0n) is 24.4. The zero-order chi connectivity index (χ0) is 30.4. The van der Waals surface area contributed by atoms with Gasteiger partial charge in [-0.3, -0.25) is 10.2 Å². The molecule has 230 valence electrons. The average Bonchev–Trinajstić information content (AvgIpc) is 3.73. The van der Waals surface area contributed by atoms with Gasteiger partial charge in [0.15, 0.2) is 11.6 Å². The molecule has 0 spiro atoms. The molecule has 2 aromatic heterocycles. The summed E-state index contributed by atoms with van der Waals surface area (Å²) >= 11 is 6.64. The highest BCUT2D eigenvalue weighted by Gasteiger charge is 2.60. The van der Waals surface area contributed by atoms with Gasteiger partial charge in [-0.1, -0.05) is 48.9 Å². The van der Waals surface area contributed by atoms with Gasteiger partial charge in [-0.15, -0.1) is 0 Å². The van der Waals surface area contributed by atoms with Gasteiger partial charge >= 0.3 is 6.01 Å². The molecule has 0 aliphatic carbocycles. The summed E-state index contributed by atoms with van der Waals surface area (Å²) in [4.78, 5) is 17.9. The van der Waals surface area contributed by atoms with Crippen LogP contribution in [0.3, 0.4) is 0 Å². The molecule has 8 rings (SSSR count). The van der Waals surface area contributed by atoms with Crippen molar-refractivity contribution >= 4 is 39.1 Å². The summed E-state index contributed by atoms with van der Waals surface area (Å²) in [6.07, 6.45) is 1.71. The van der Waals surface area contributed by atoms with Crippen molar-refractivity contribution < 1.29 is 22.6 Å². The molecule has 0 amide bonds. The molecule has 0 radical (unpaired) electrons. The third kappa shape index (κ3) is 4.54. The molecule has 4 aromatic rings. The minimum atomic E-state index is -2.77. The van der Waals surface area contributed by atoms with Crippen LogP contribution in [0, 0.1) is 5.82 Å². The fourth-order valence-electron chi connectivity index (χ4n) is 7.17. The van der Waals surface area contributed by atoms with Gasteiger partial charge in [0.1, 0.15) is 23.2 Å². The molecule has 4 aliphatic heterocycles. The van der Waals surface area contributed by atoms with E-state index in [-0.39, 0.29) is 61.0 Å². The molecule has 44 heavy (non-hydrogen) atoms. The van der Waals surface area contributed by atoms with Crippen molar-refractivity contribution in [2.45, 2.75) is 69.3 Å². The third-order valence-corrected chi connectivity index (χ3v) is 9.87. The van der Waals surface area contributed by atoms with E-state index in [0.29, 0.717) is 46.7 Å². The molecule has 6 heterocycles. The van der Waals surface area contributed by atoms with Gasteiger partial charge in [0, 0.05) is 35.0 Å². The highest BCUT2D eigenvalue weighted by atomic mass is 35.5. The Bertz CT molecular complexity index is 1800. The van der Waals surface area contributed by atoms with E-state index in [4.69, 9.17) is 31.0 Å². The summed E-state index contributed by atoms with van der Waals surface area (Å²) in [5, 5.41) is 5.98. The number of anilines is 1. The number of rotatable bonds is 5. The first kappa shape index (κ1) is 28.1. The number of halogens is 4. The number of pyridine rings is 1. The molecular weight excluding hydrogens is 593 g/mol. The van der Waals surface area contributed by atoms with E-state index in [1.165, 1.54) is 0 Å². The first-order chi connectivity index (χ1) is 21.1. The molecule has 8 nitrogen and oxygen atoms in total. The largest absolute Gasteiger partial charge is 0.474 e. The minimum Gasteiger partial charge on any atom is -0.474 e. The highest BCUT2D eigenvalue weighted by Crippen LogP contribution is 2.48. The van der Waals surface area contributed by atoms with Crippen LogP contribution in [0.15, 0.2) is 36.4 Å². The monoisotopic (exact) mass is 624 g/mol. The number of hydrogen-bond acceptors (Lipinski definition) is 8. The van der Waals surface area contributed by atoms with Gasteiger partial charge in [-0.25, -0.2) is 18.2 Å². The molecule has 0 saturated carbocycles. The fourth-order valence-corrected chi connectivity index (χ4v) is 7.46. The normalized spacial score (nSPS) is 27.4. The van der Waals surface area contributed by atoms with Crippen LogP contribution in [0.2, 0.25) is 5.02 Å². The summed E-state index contributed by atoms with van der Waals surface area (Å²) < 4.78 is 58.0. The second-order valence-electron chi connectivity index (χ2n) is 12.6. The van der Waals surface area contributed by atoms with Gasteiger partial charge < -0.3 is 14.4 Å². The molecule has 0 bridgehead atoms. The number of alkyl halides is 2. The molecule has 2 aromatic carbocycles. The van der Waals surface area contributed by atoms with Gasteiger partial charge in [-0.05, 0) is 37.6 Å². The van der Waals surface area contributed by atoms with Crippen LogP contribution in [0.5, 0.6) is 11.9 Å². The predicted octanol–water partition coefficient (Wildman–Crippen LogP) is 6.19. The predicted molar refractivity (Wildman–Crippen MR) is 162 cm³/mol. The van der Waals surface area contributed by atoms with Crippen molar-refractivity contribution in [3.63, 3.8) is 0 Å². The lowest BCUT2D eigenvalue weighted by Crippen LogP contribution is -2.59. The molecule has 12 heteroatoms. The van der Waals surface area contributed by atoms with E-state index in [2.05, 4.69) is 17.2 Å². The first-order valence-electron chi connectivity index (χ1n) is 15.2. The maximum atomic E-state index is 16.8. The van der Waals surface area contributed by atoms with Crippen molar-refractivity contribution in [1.29, 1.82) is 0 Å². The Morgan fingerprint density at radius 3 is 2.70 bits per heavy atom. The van der Waals surface area contributed by atoms with Gasteiger partial charge in [0.2, 0.25) is 5.88 Å². The van der Waals surface area contributed by atoms with Crippen LogP contribution in [0.1, 0.15) is 39.5 Å². The highest BCUT2D eigenvalue weighted by molar-refractivity contribution is 6.36. The summed E-state index contributed by atoms with van der Waals surface area (Å²) in [6, 6.07) is 11.2. The Labute approximate surface area is 257 Å². The minimum absolute atomic E-state index is 0.000705. The second-order valence-corrected chi connectivity index (χ2v) is 13.0. The Kier molecular flexibility index (Phi) is 6.42. The standard InChI is InChI=1S/C32H32ClF3N6O2/c1-3-19-12-17(2)44-29-24-27(25(34)26(38-29)20-8-4-6-18-7-5-9-21(33)23(18)20)39-30(40-28(24)42-13-22(42)37-19)43-16-31-10-11-41(31)15-32(35,36)14-31/h4-9,17,19,22,37H,3,10-16H2,1-2H3/t17-,19-,22+,31?,42?/m0/s1. The smallest absolute Gasteiger partial charge is 0.319 e. The number of nitrogens with zero attached hydrogens (tertiary/aromatic N) is 5. The summed E-state index contributed by atoms with van der Waals surface area (Å²) in [6.45, 7) is 5.06. The molecular formula is C32H32ClF3N6O2. The quantitative estimate of drug-likeness (QED) is 0.264. The second kappa shape index (κ2) is 10.1. The van der Waals surface area contributed by atoms with Crippen LogP contribution >= 0.6 is 11.6 Å². The van der Waals surface area contributed by atoms with Gasteiger partial charge in [0.05, 0.1) is 30.9 Å². The summed E-state index contributed by atoms with van der Waals surface area (Å²) in [5.41, 5.74) is -0.210. The summed E-state index contributed by atoms with van der Waals surface area (Å²) in [7, 11) is 0. The molecule has 3 fully saturated rings. The number of fused-ring (bicyclic) bond motifs is 4. The number of aromatic nitrogens is 3. The maximum Gasteiger partial charge on any atom is 0.319 e. The lowest BCUT2D eigenvalue weighted by Gasteiger charge is -2.46. The molecule has 3 saturated heterocycles. The van der Waals surface area contributed by atoms with Crippen molar-refractivity contribution in [2.75, 3.05) is 31.1 Å². The van der Waals surface area contributed by atoms with E-state index in [0.717, 1.165) is 18.2 Å². The van der Waals surface area contributed by atoms with E-state index in [9.17, 15) is 8.78 Å². The van der Waals surface area contributed by atoms with E-state index >= 15 is 4.39 Å². The van der Waals surface area contributed by atoms with Crippen LogP contribution in [0.4, 0.5) is 19.0 Å². The Balaban J connectivity index is 1.30. The van der Waals surface area contributed by atoms with E-state index in [1.54, 1.807) is 17.0 Å². The van der Waals surface area contributed by atoms with Gasteiger partial charge in [0.25, 0.3) is 5.92 Å². The number of nitrogens with one attached hydrogen (secondary N) is 1. The van der Waals surface area contributed by atoms with Crippen LogP contribution < -0.4 is 19.7 Å². The van der Waals surface area contributed by atoms with E-state index < -0.39 is 17.3 Å².